The van der Waals surface area contributed by atoms with Crippen molar-refractivity contribution in [3.63, 3.8) is 0 Å². The van der Waals surface area contributed by atoms with Gasteiger partial charge in [0.15, 0.2) is 12.1 Å². The van der Waals surface area contributed by atoms with Crippen LogP contribution < -0.4 is 4.74 Å². The van der Waals surface area contributed by atoms with E-state index in [1.807, 2.05) is 6.92 Å². The summed E-state index contributed by atoms with van der Waals surface area (Å²) in [4.78, 5) is 11.3. The predicted molar refractivity (Wildman–Crippen MR) is 78.1 cm³/mol. The first kappa shape index (κ1) is 15.0. The van der Waals surface area contributed by atoms with Crippen molar-refractivity contribution < 1.29 is 13.9 Å². The normalized spacial score (nSPS) is 10.0. The fourth-order valence-corrected chi connectivity index (χ4v) is 2.36. The smallest absolute Gasteiger partial charge is 0.160 e. The maximum absolute atomic E-state index is 14.1. The molecule has 2 aromatic carbocycles. The van der Waals surface area contributed by atoms with E-state index in [1.54, 1.807) is 30.3 Å². The third-order valence-corrected chi connectivity index (χ3v) is 3.30. The lowest BCUT2D eigenvalue weighted by molar-refractivity contribution is 0.112. The summed E-state index contributed by atoms with van der Waals surface area (Å²) in [5.74, 6) is -0.347. The molecule has 0 heterocycles. The summed E-state index contributed by atoms with van der Waals surface area (Å²) in [6.45, 7) is 2.24. The van der Waals surface area contributed by atoms with Crippen molar-refractivity contribution in [3.8, 4) is 22.9 Å². The van der Waals surface area contributed by atoms with Crippen LogP contribution in [0.1, 0.15) is 22.8 Å². The zero-order chi connectivity index (χ0) is 15.4. The molecular formula is C16H11ClFNO2. The molecule has 0 spiro atoms. The number of hydrogen-bond donors (Lipinski definition) is 0. The summed E-state index contributed by atoms with van der Waals surface area (Å²) < 4.78 is 19.6. The number of para-hydroxylation sites is 1. The molecule has 0 fully saturated rings. The molecule has 0 atom stereocenters. The van der Waals surface area contributed by atoms with Gasteiger partial charge in [0.1, 0.15) is 11.8 Å². The van der Waals surface area contributed by atoms with Crippen molar-refractivity contribution >= 4 is 17.9 Å². The summed E-state index contributed by atoms with van der Waals surface area (Å²) in [6, 6.07) is 9.76. The molecule has 3 nitrogen and oxygen atoms in total. The van der Waals surface area contributed by atoms with E-state index in [1.165, 1.54) is 6.07 Å². The third-order valence-electron chi connectivity index (χ3n) is 2.94. The topological polar surface area (TPSA) is 50.1 Å². The standard InChI is InChI=1S/C16H11ClFNO2/c1-2-21-13-6-4-3-5-12(13)14-11(9-20)7-10(8-19)16(18)15(14)17/h3-7,9H,2H2,1H3. The highest BCUT2D eigenvalue weighted by atomic mass is 35.5. The largest absolute Gasteiger partial charge is 0.493 e. The molecule has 0 aromatic heterocycles. The SMILES string of the molecule is CCOc1ccccc1-c1c(C=O)cc(C#N)c(F)c1Cl. The number of benzene rings is 2. The Morgan fingerprint density at radius 3 is 2.76 bits per heavy atom. The van der Waals surface area contributed by atoms with Gasteiger partial charge in [-0.05, 0) is 19.1 Å². The van der Waals surface area contributed by atoms with Gasteiger partial charge in [0, 0.05) is 16.7 Å². The van der Waals surface area contributed by atoms with E-state index >= 15 is 0 Å². The van der Waals surface area contributed by atoms with Gasteiger partial charge in [-0.2, -0.15) is 5.26 Å². The lowest BCUT2D eigenvalue weighted by atomic mass is 9.97. The second kappa shape index (κ2) is 6.38. The summed E-state index contributed by atoms with van der Waals surface area (Å²) in [6.07, 6.45) is 0.546. The first-order valence-corrected chi connectivity index (χ1v) is 6.61. The van der Waals surface area contributed by atoms with Gasteiger partial charge >= 0.3 is 0 Å². The van der Waals surface area contributed by atoms with Crippen LogP contribution in [-0.4, -0.2) is 12.9 Å². The van der Waals surface area contributed by atoms with Crippen molar-refractivity contribution in [2.45, 2.75) is 6.92 Å². The monoisotopic (exact) mass is 303 g/mol. The van der Waals surface area contributed by atoms with Gasteiger partial charge in [0.05, 0.1) is 17.2 Å². The number of rotatable bonds is 4. The van der Waals surface area contributed by atoms with Crippen LogP contribution in [0.3, 0.4) is 0 Å². The molecule has 0 unspecified atom stereocenters. The van der Waals surface area contributed by atoms with Gasteiger partial charge in [0.2, 0.25) is 0 Å². The Labute approximate surface area is 126 Å². The van der Waals surface area contributed by atoms with E-state index in [0.29, 0.717) is 24.2 Å². The van der Waals surface area contributed by atoms with E-state index in [-0.39, 0.29) is 21.7 Å². The highest BCUT2D eigenvalue weighted by Gasteiger charge is 2.20. The van der Waals surface area contributed by atoms with Crippen molar-refractivity contribution in [2.24, 2.45) is 0 Å². The van der Waals surface area contributed by atoms with Gasteiger partial charge in [0.25, 0.3) is 0 Å². The summed E-state index contributed by atoms with van der Waals surface area (Å²) in [5.41, 5.74) is 0.618. The summed E-state index contributed by atoms with van der Waals surface area (Å²) in [7, 11) is 0. The quantitative estimate of drug-likeness (QED) is 0.794. The minimum atomic E-state index is -0.842. The molecule has 0 saturated carbocycles. The number of ether oxygens (including phenoxy) is 1. The highest BCUT2D eigenvalue weighted by molar-refractivity contribution is 6.34. The number of hydrogen-bond acceptors (Lipinski definition) is 3. The number of aldehydes is 1. The number of halogens is 2. The van der Waals surface area contributed by atoms with Crippen LogP contribution in [0.15, 0.2) is 30.3 Å². The molecule has 0 amide bonds. The molecule has 106 valence electrons. The Morgan fingerprint density at radius 1 is 1.43 bits per heavy atom. The fourth-order valence-electron chi connectivity index (χ4n) is 2.05. The van der Waals surface area contributed by atoms with Crippen LogP contribution >= 0.6 is 11.6 Å². The minimum Gasteiger partial charge on any atom is -0.493 e. The van der Waals surface area contributed by atoms with Crippen molar-refractivity contribution in [1.82, 2.24) is 0 Å². The van der Waals surface area contributed by atoms with Gasteiger partial charge in [-0.1, -0.05) is 29.8 Å². The average Bonchev–Trinajstić information content (AvgIpc) is 2.51. The number of nitrogens with zero attached hydrogens (tertiary/aromatic N) is 1. The molecule has 0 saturated heterocycles. The van der Waals surface area contributed by atoms with Crippen LogP contribution in [0.5, 0.6) is 5.75 Å². The fraction of sp³-hybridized carbons (Fsp3) is 0.125. The molecule has 0 aliphatic rings. The average molecular weight is 304 g/mol. The molecule has 5 heteroatoms. The highest BCUT2D eigenvalue weighted by Crippen LogP contribution is 2.39. The Balaban J connectivity index is 2.78. The van der Waals surface area contributed by atoms with E-state index < -0.39 is 5.82 Å². The van der Waals surface area contributed by atoms with Crippen molar-refractivity contribution in [2.75, 3.05) is 6.61 Å². The number of nitriles is 1. The Hall–Kier alpha value is -2.38. The van der Waals surface area contributed by atoms with E-state index in [2.05, 4.69) is 0 Å². The van der Waals surface area contributed by atoms with Gasteiger partial charge in [-0.3, -0.25) is 4.79 Å². The second-order valence-electron chi connectivity index (χ2n) is 4.18. The zero-order valence-electron chi connectivity index (χ0n) is 11.2. The van der Waals surface area contributed by atoms with E-state index in [0.717, 1.165) is 0 Å². The Morgan fingerprint density at radius 2 is 2.14 bits per heavy atom. The molecule has 0 bridgehead atoms. The first-order chi connectivity index (χ1) is 10.1. The maximum Gasteiger partial charge on any atom is 0.160 e. The third kappa shape index (κ3) is 2.74. The second-order valence-corrected chi connectivity index (χ2v) is 4.55. The first-order valence-electron chi connectivity index (χ1n) is 6.23. The Kier molecular flexibility index (Phi) is 4.56. The van der Waals surface area contributed by atoms with Crippen LogP contribution in [0.4, 0.5) is 4.39 Å². The van der Waals surface area contributed by atoms with Gasteiger partial charge in [-0.25, -0.2) is 4.39 Å². The Bertz CT molecular complexity index is 738. The van der Waals surface area contributed by atoms with Gasteiger partial charge < -0.3 is 4.74 Å². The van der Waals surface area contributed by atoms with Crippen molar-refractivity contribution in [3.05, 3.63) is 52.3 Å². The molecule has 0 aliphatic carbocycles. The lowest BCUT2D eigenvalue weighted by Crippen LogP contribution is -1.99. The maximum atomic E-state index is 14.1. The van der Waals surface area contributed by atoms with Crippen LogP contribution in [0.25, 0.3) is 11.1 Å². The molecule has 0 N–H and O–H groups in total. The molecule has 21 heavy (non-hydrogen) atoms. The molecule has 0 radical (unpaired) electrons. The lowest BCUT2D eigenvalue weighted by Gasteiger charge is -2.14. The molecular weight excluding hydrogens is 293 g/mol. The predicted octanol–water partition coefficient (Wildman–Crippen LogP) is 4.23. The van der Waals surface area contributed by atoms with Crippen molar-refractivity contribution in [1.29, 1.82) is 5.26 Å². The molecule has 2 aromatic rings. The minimum absolute atomic E-state index is 0.144. The summed E-state index contributed by atoms with van der Waals surface area (Å²) >= 11 is 6.03. The number of carbonyl (C=O) groups excluding carboxylic acids is 1. The van der Waals surface area contributed by atoms with Crippen LogP contribution in [0.2, 0.25) is 5.02 Å². The zero-order valence-corrected chi connectivity index (χ0v) is 11.9. The van der Waals surface area contributed by atoms with E-state index in [4.69, 9.17) is 21.6 Å². The molecule has 0 aliphatic heterocycles. The van der Waals surface area contributed by atoms with Gasteiger partial charge in [-0.15, -0.1) is 0 Å². The van der Waals surface area contributed by atoms with Crippen LogP contribution in [0, 0.1) is 17.1 Å². The molecule has 2 rings (SSSR count). The van der Waals surface area contributed by atoms with E-state index in [9.17, 15) is 9.18 Å². The van der Waals surface area contributed by atoms with Crippen LogP contribution in [-0.2, 0) is 0 Å². The number of carbonyl (C=O) groups is 1. The summed E-state index contributed by atoms with van der Waals surface area (Å²) in [5, 5.41) is 8.61.